The lowest BCUT2D eigenvalue weighted by molar-refractivity contribution is -0.133. The number of halogens is 1. The molecular weight excluding hydrogens is 436 g/mol. The first-order chi connectivity index (χ1) is 15.0. The third-order valence-electron chi connectivity index (χ3n) is 5.05. The molecule has 10 heteroatoms. The van der Waals surface area contributed by atoms with Crippen LogP contribution in [0.25, 0.3) is 0 Å². The SMILES string of the molecule is CC(C)C(=O)[C@H](CCCNC(N)=O)CC(=O)[C@@H](NC(=O)CCCCNC(=O)CCl)C(C)C. The molecule has 0 saturated carbocycles. The molecule has 0 bridgehead atoms. The quantitative estimate of drug-likeness (QED) is 0.188. The molecule has 0 aromatic heterocycles. The van der Waals surface area contributed by atoms with Crippen molar-refractivity contribution in [1.29, 1.82) is 0 Å². The third kappa shape index (κ3) is 13.3. The van der Waals surface area contributed by atoms with Gasteiger partial charge in [-0.1, -0.05) is 27.7 Å². The first-order valence-electron chi connectivity index (χ1n) is 11.2. The number of amides is 4. The summed E-state index contributed by atoms with van der Waals surface area (Å²) < 4.78 is 0. The molecule has 2 atom stereocenters. The number of carbonyl (C=O) groups is 5. The number of carbonyl (C=O) groups excluding carboxylic acids is 5. The molecule has 5 N–H and O–H groups in total. The van der Waals surface area contributed by atoms with E-state index in [0.717, 1.165) is 0 Å². The number of alkyl halides is 1. The number of hydrogen-bond acceptors (Lipinski definition) is 5. The molecule has 0 saturated heterocycles. The monoisotopic (exact) mass is 474 g/mol. The molecule has 0 aliphatic carbocycles. The zero-order chi connectivity index (χ0) is 24.7. The van der Waals surface area contributed by atoms with E-state index in [9.17, 15) is 24.0 Å². The lowest BCUT2D eigenvalue weighted by atomic mass is 9.84. The summed E-state index contributed by atoms with van der Waals surface area (Å²) in [6.07, 6.45) is 2.45. The summed E-state index contributed by atoms with van der Waals surface area (Å²) >= 11 is 5.40. The van der Waals surface area contributed by atoms with Gasteiger partial charge in [-0.3, -0.25) is 19.2 Å². The first-order valence-corrected chi connectivity index (χ1v) is 11.7. The van der Waals surface area contributed by atoms with Crippen LogP contribution in [-0.2, 0) is 19.2 Å². The predicted molar refractivity (Wildman–Crippen MR) is 124 cm³/mol. The fraction of sp³-hybridized carbons (Fsp3) is 0.773. The van der Waals surface area contributed by atoms with Gasteiger partial charge in [-0.25, -0.2) is 4.79 Å². The van der Waals surface area contributed by atoms with Crippen molar-refractivity contribution >= 4 is 41.0 Å². The minimum atomic E-state index is -0.676. The number of nitrogens with two attached hydrogens (primary N) is 1. The molecule has 4 amide bonds. The van der Waals surface area contributed by atoms with Crippen molar-refractivity contribution in [2.24, 2.45) is 23.5 Å². The Hall–Kier alpha value is -2.16. The highest BCUT2D eigenvalue weighted by atomic mass is 35.5. The van der Waals surface area contributed by atoms with Gasteiger partial charge in [0.2, 0.25) is 11.8 Å². The van der Waals surface area contributed by atoms with Crippen molar-refractivity contribution < 1.29 is 24.0 Å². The Balaban J connectivity index is 4.78. The van der Waals surface area contributed by atoms with Crippen LogP contribution in [0.5, 0.6) is 0 Å². The van der Waals surface area contributed by atoms with Crippen LogP contribution >= 0.6 is 11.6 Å². The summed E-state index contributed by atoms with van der Waals surface area (Å²) in [5.74, 6) is -1.59. The Labute approximate surface area is 196 Å². The molecule has 9 nitrogen and oxygen atoms in total. The molecule has 0 spiro atoms. The summed E-state index contributed by atoms with van der Waals surface area (Å²) in [6.45, 7) is 8.05. The van der Waals surface area contributed by atoms with E-state index in [4.69, 9.17) is 17.3 Å². The average molecular weight is 475 g/mol. The summed E-state index contributed by atoms with van der Waals surface area (Å²) in [5.41, 5.74) is 5.05. The molecule has 0 rings (SSSR count). The standard InChI is InChI=1S/C22H39ClN4O5/c1-14(2)20(27-18(29)9-5-6-10-25-19(30)13-23)17(28)12-16(21(31)15(3)4)8-7-11-26-22(24)32/h14-16,20H,5-13H2,1-4H3,(H,25,30)(H,27,29)(H3,24,26,32)/t16-,20+/m1/s1. The zero-order valence-electron chi connectivity index (χ0n) is 19.7. The van der Waals surface area contributed by atoms with Crippen LogP contribution in [0.3, 0.4) is 0 Å². The maximum atomic E-state index is 13.0. The van der Waals surface area contributed by atoms with Gasteiger partial charge >= 0.3 is 6.03 Å². The normalized spacial score (nSPS) is 12.8. The van der Waals surface area contributed by atoms with E-state index in [1.54, 1.807) is 13.8 Å². The zero-order valence-corrected chi connectivity index (χ0v) is 20.4. The van der Waals surface area contributed by atoms with Crippen LogP contribution in [0.15, 0.2) is 0 Å². The van der Waals surface area contributed by atoms with E-state index >= 15 is 0 Å². The van der Waals surface area contributed by atoms with Crippen molar-refractivity contribution in [3.63, 3.8) is 0 Å². The molecule has 0 fully saturated rings. The Morgan fingerprint density at radius 2 is 1.50 bits per heavy atom. The van der Waals surface area contributed by atoms with E-state index in [-0.39, 0.29) is 53.9 Å². The predicted octanol–water partition coefficient (Wildman–Crippen LogP) is 1.90. The van der Waals surface area contributed by atoms with Gasteiger partial charge in [0.05, 0.1) is 6.04 Å². The van der Waals surface area contributed by atoms with Gasteiger partial charge in [-0.2, -0.15) is 0 Å². The number of ketones is 2. The number of rotatable bonds is 17. The number of Topliss-reactive ketones (excluding diaryl/α,β-unsaturated/α-hetero) is 2. The first kappa shape index (κ1) is 29.8. The van der Waals surface area contributed by atoms with Crippen molar-refractivity contribution in [2.75, 3.05) is 19.0 Å². The van der Waals surface area contributed by atoms with Crippen molar-refractivity contribution in [3.05, 3.63) is 0 Å². The summed E-state index contributed by atoms with van der Waals surface area (Å²) in [6, 6.07) is -1.30. The smallest absolute Gasteiger partial charge is 0.312 e. The summed E-state index contributed by atoms with van der Waals surface area (Å²) in [7, 11) is 0. The van der Waals surface area contributed by atoms with E-state index in [1.807, 2.05) is 13.8 Å². The maximum Gasteiger partial charge on any atom is 0.312 e. The second kappa shape index (κ2) is 16.5. The van der Waals surface area contributed by atoms with Crippen molar-refractivity contribution in [3.8, 4) is 0 Å². The highest BCUT2D eigenvalue weighted by Gasteiger charge is 2.30. The minimum Gasteiger partial charge on any atom is -0.355 e. The van der Waals surface area contributed by atoms with E-state index in [1.165, 1.54) is 0 Å². The van der Waals surface area contributed by atoms with Gasteiger partial charge in [0, 0.05) is 37.8 Å². The Morgan fingerprint density at radius 3 is 2.03 bits per heavy atom. The van der Waals surface area contributed by atoms with Crippen LogP contribution in [0.1, 0.15) is 66.2 Å². The highest BCUT2D eigenvalue weighted by Crippen LogP contribution is 2.20. The Kier molecular flexibility index (Phi) is 15.4. The Morgan fingerprint density at radius 1 is 0.875 bits per heavy atom. The molecule has 0 unspecified atom stereocenters. The topological polar surface area (TPSA) is 147 Å². The second-order valence-electron chi connectivity index (χ2n) is 8.59. The molecule has 184 valence electrons. The molecule has 0 aliphatic heterocycles. The van der Waals surface area contributed by atoms with Gasteiger partial charge < -0.3 is 21.7 Å². The molecule has 0 aliphatic rings. The van der Waals surface area contributed by atoms with E-state index in [2.05, 4.69) is 16.0 Å². The molecule has 0 radical (unpaired) electrons. The lowest BCUT2D eigenvalue weighted by Gasteiger charge is -2.24. The summed E-state index contributed by atoms with van der Waals surface area (Å²) in [4.78, 5) is 59.8. The average Bonchev–Trinajstić information content (AvgIpc) is 2.72. The van der Waals surface area contributed by atoms with Gasteiger partial charge in [0.25, 0.3) is 0 Å². The number of primary amides is 1. The molecule has 0 aromatic carbocycles. The van der Waals surface area contributed by atoms with Crippen LogP contribution in [0, 0.1) is 17.8 Å². The molecule has 0 aromatic rings. The minimum absolute atomic E-state index is 0.00903. The second-order valence-corrected chi connectivity index (χ2v) is 8.85. The van der Waals surface area contributed by atoms with E-state index in [0.29, 0.717) is 38.8 Å². The molecular formula is C22H39ClN4O5. The Bertz CT molecular complexity index is 640. The number of nitrogens with one attached hydrogen (secondary N) is 3. The molecule has 32 heavy (non-hydrogen) atoms. The number of hydrogen-bond donors (Lipinski definition) is 4. The van der Waals surface area contributed by atoms with Crippen LogP contribution in [-0.4, -0.2) is 54.4 Å². The van der Waals surface area contributed by atoms with E-state index < -0.39 is 18.0 Å². The fourth-order valence-electron chi connectivity index (χ4n) is 3.30. The van der Waals surface area contributed by atoms with Crippen molar-refractivity contribution in [1.82, 2.24) is 16.0 Å². The lowest BCUT2D eigenvalue weighted by Crippen LogP contribution is -2.45. The highest BCUT2D eigenvalue weighted by molar-refractivity contribution is 6.27. The van der Waals surface area contributed by atoms with Crippen LogP contribution in [0.4, 0.5) is 4.79 Å². The fourth-order valence-corrected chi connectivity index (χ4v) is 3.39. The van der Waals surface area contributed by atoms with Gasteiger partial charge in [-0.05, 0) is 31.6 Å². The van der Waals surface area contributed by atoms with Gasteiger partial charge in [0.1, 0.15) is 11.7 Å². The summed E-state index contributed by atoms with van der Waals surface area (Å²) in [5, 5.41) is 7.92. The van der Waals surface area contributed by atoms with Gasteiger partial charge in [0.15, 0.2) is 5.78 Å². The maximum absolute atomic E-state index is 13.0. The molecule has 0 heterocycles. The van der Waals surface area contributed by atoms with Gasteiger partial charge in [-0.15, -0.1) is 11.6 Å². The van der Waals surface area contributed by atoms with Crippen molar-refractivity contribution in [2.45, 2.75) is 72.3 Å². The number of unbranched alkanes of at least 4 members (excludes halogenated alkanes) is 1. The number of urea groups is 1. The van der Waals surface area contributed by atoms with Crippen LogP contribution < -0.4 is 21.7 Å². The third-order valence-corrected chi connectivity index (χ3v) is 5.29. The van der Waals surface area contributed by atoms with Crippen LogP contribution in [0.2, 0.25) is 0 Å². The largest absolute Gasteiger partial charge is 0.355 e.